The first-order valence-electron chi connectivity index (χ1n) is 7.85. The first-order chi connectivity index (χ1) is 12.0. The number of carbonyl (C=O) groups excluding carboxylic acids is 1. The SMILES string of the molecule is COc1cc(C(=O)NC(C)C(O)c2ccccc2)cc(OC)c1OC. The minimum absolute atomic E-state index is 0.346. The third-order valence-electron chi connectivity index (χ3n) is 3.90. The Morgan fingerprint density at radius 1 is 1.00 bits per heavy atom. The topological polar surface area (TPSA) is 77.0 Å². The molecule has 1 amide bonds. The standard InChI is InChI=1S/C19H23NO5/c1-12(17(21)13-8-6-5-7-9-13)20-19(22)14-10-15(23-2)18(25-4)16(11-14)24-3/h5-12,17,21H,1-4H3,(H,20,22). The molecule has 2 aromatic rings. The highest BCUT2D eigenvalue weighted by atomic mass is 16.5. The first-order valence-corrected chi connectivity index (χ1v) is 7.85. The van der Waals surface area contributed by atoms with Crippen LogP contribution in [0.4, 0.5) is 0 Å². The van der Waals surface area contributed by atoms with E-state index in [1.165, 1.54) is 21.3 Å². The predicted octanol–water partition coefficient (Wildman–Crippen LogP) is 2.56. The van der Waals surface area contributed by atoms with E-state index in [0.717, 1.165) is 5.56 Å². The van der Waals surface area contributed by atoms with Gasteiger partial charge in [0.2, 0.25) is 5.75 Å². The van der Waals surface area contributed by atoms with Crippen LogP contribution >= 0.6 is 0 Å². The summed E-state index contributed by atoms with van der Waals surface area (Å²) in [5, 5.41) is 13.2. The number of nitrogens with one attached hydrogen (secondary N) is 1. The highest BCUT2D eigenvalue weighted by molar-refractivity contribution is 5.95. The summed E-state index contributed by atoms with van der Waals surface area (Å²) in [5.41, 5.74) is 1.09. The molecule has 25 heavy (non-hydrogen) atoms. The second kappa shape index (κ2) is 8.39. The number of hydrogen-bond acceptors (Lipinski definition) is 5. The maximum atomic E-state index is 12.6. The molecule has 0 aromatic heterocycles. The number of carbonyl (C=O) groups is 1. The van der Waals surface area contributed by atoms with Crippen molar-refractivity contribution < 1.29 is 24.1 Å². The van der Waals surface area contributed by atoms with Gasteiger partial charge in [-0.2, -0.15) is 0 Å². The lowest BCUT2D eigenvalue weighted by molar-refractivity contribution is 0.0851. The average molecular weight is 345 g/mol. The lowest BCUT2D eigenvalue weighted by Crippen LogP contribution is -2.37. The Morgan fingerprint density at radius 3 is 2.04 bits per heavy atom. The lowest BCUT2D eigenvalue weighted by atomic mass is 10.0. The third-order valence-corrected chi connectivity index (χ3v) is 3.90. The zero-order chi connectivity index (χ0) is 18.4. The van der Waals surface area contributed by atoms with Gasteiger partial charge in [-0.15, -0.1) is 0 Å². The minimum atomic E-state index is -0.813. The molecule has 134 valence electrons. The summed E-state index contributed by atoms with van der Waals surface area (Å²) < 4.78 is 15.8. The molecule has 2 unspecified atom stereocenters. The van der Waals surface area contributed by atoms with Crippen molar-refractivity contribution >= 4 is 5.91 Å². The Balaban J connectivity index is 2.20. The van der Waals surface area contributed by atoms with Gasteiger partial charge in [-0.05, 0) is 24.6 Å². The average Bonchev–Trinajstić information content (AvgIpc) is 2.66. The molecule has 0 fully saturated rings. The number of benzene rings is 2. The second-order valence-corrected chi connectivity index (χ2v) is 5.53. The van der Waals surface area contributed by atoms with Crippen LogP contribution in [0.2, 0.25) is 0 Å². The molecule has 0 heterocycles. The molecule has 2 rings (SSSR count). The van der Waals surface area contributed by atoms with Crippen molar-refractivity contribution in [3.8, 4) is 17.2 Å². The maximum Gasteiger partial charge on any atom is 0.251 e. The quantitative estimate of drug-likeness (QED) is 0.806. The van der Waals surface area contributed by atoms with Crippen molar-refractivity contribution in [1.82, 2.24) is 5.32 Å². The van der Waals surface area contributed by atoms with E-state index in [1.807, 2.05) is 30.3 Å². The Labute approximate surface area is 147 Å². The molecule has 0 bridgehead atoms. The molecule has 0 aliphatic rings. The molecule has 0 radical (unpaired) electrons. The van der Waals surface area contributed by atoms with Crippen LogP contribution in [-0.4, -0.2) is 38.4 Å². The summed E-state index contributed by atoms with van der Waals surface area (Å²) >= 11 is 0. The predicted molar refractivity (Wildman–Crippen MR) is 94.4 cm³/mol. The van der Waals surface area contributed by atoms with E-state index >= 15 is 0 Å². The maximum absolute atomic E-state index is 12.6. The van der Waals surface area contributed by atoms with Crippen molar-refractivity contribution in [3.05, 3.63) is 53.6 Å². The summed E-state index contributed by atoms with van der Waals surface area (Å²) in [6, 6.07) is 11.8. The van der Waals surface area contributed by atoms with Crippen LogP contribution in [0.3, 0.4) is 0 Å². The van der Waals surface area contributed by atoms with E-state index in [9.17, 15) is 9.90 Å². The van der Waals surface area contributed by atoms with Crippen LogP contribution < -0.4 is 19.5 Å². The summed E-state index contributed by atoms with van der Waals surface area (Å²) in [6.45, 7) is 1.74. The molecule has 0 aliphatic heterocycles. The molecule has 0 saturated carbocycles. The van der Waals surface area contributed by atoms with Gasteiger partial charge in [0.25, 0.3) is 5.91 Å². The van der Waals surface area contributed by atoms with Gasteiger partial charge in [-0.1, -0.05) is 30.3 Å². The second-order valence-electron chi connectivity index (χ2n) is 5.53. The third kappa shape index (κ3) is 4.22. The minimum Gasteiger partial charge on any atom is -0.493 e. The van der Waals surface area contributed by atoms with Crippen LogP contribution in [-0.2, 0) is 0 Å². The van der Waals surface area contributed by atoms with Crippen molar-refractivity contribution in [2.45, 2.75) is 19.1 Å². The van der Waals surface area contributed by atoms with Gasteiger partial charge in [0, 0.05) is 5.56 Å². The summed E-state index contributed by atoms with van der Waals surface area (Å²) in [4.78, 5) is 12.6. The molecule has 0 aliphatic carbocycles. The molecule has 6 nitrogen and oxygen atoms in total. The van der Waals surface area contributed by atoms with Crippen LogP contribution in [0, 0.1) is 0 Å². The Bertz CT molecular complexity index is 692. The number of hydrogen-bond donors (Lipinski definition) is 2. The van der Waals surface area contributed by atoms with E-state index < -0.39 is 12.1 Å². The largest absolute Gasteiger partial charge is 0.493 e. The highest BCUT2D eigenvalue weighted by Crippen LogP contribution is 2.38. The Hall–Kier alpha value is -2.73. The molecule has 2 N–H and O–H groups in total. The summed E-state index contributed by atoms with van der Waals surface area (Å²) in [5.74, 6) is 0.854. The van der Waals surface area contributed by atoms with Crippen molar-refractivity contribution in [2.24, 2.45) is 0 Å². The van der Waals surface area contributed by atoms with Crippen LogP contribution in [0.25, 0.3) is 0 Å². The number of amides is 1. The van der Waals surface area contributed by atoms with Crippen LogP contribution in [0.5, 0.6) is 17.2 Å². The first kappa shape index (κ1) is 18.6. The Morgan fingerprint density at radius 2 is 1.56 bits per heavy atom. The number of aliphatic hydroxyl groups is 1. The van der Waals surface area contributed by atoms with E-state index in [1.54, 1.807) is 19.1 Å². The molecule has 2 atom stereocenters. The number of rotatable bonds is 7. The van der Waals surface area contributed by atoms with Gasteiger partial charge >= 0.3 is 0 Å². The van der Waals surface area contributed by atoms with Crippen LogP contribution in [0.1, 0.15) is 28.9 Å². The van der Waals surface area contributed by atoms with Crippen LogP contribution in [0.15, 0.2) is 42.5 Å². The Kier molecular flexibility index (Phi) is 6.25. The monoisotopic (exact) mass is 345 g/mol. The van der Waals surface area contributed by atoms with E-state index in [0.29, 0.717) is 22.8 Å². The van der Waals surface area contributed by atoms with Crippen molar-refractivity contribution in [2.75, 3.05) is 21.3 Å². The van der Waals surface area contributed by atoms with Gasteiger partial charge in [0.15, 0.2) is 11.5 Å². The summed E-state index contributed by atoms with van der Waals surface area (Å²) in [6.07, 6.45) is -0.813. The van der Waals surface area contributed by atoms with E-state index in [-0.39, 0.29) is 5.91 Å². The summed E-state index contributed by atoms with van der Waals surface area (Å²) in [7, 11) is 4.47. The lowest BCUT2D eigenvalue weighted by Gasteiger charge is -2.21. The molecule has 6 heteroatoms. The van der Waals surface area contributed by atoms with E-state index in [2.05, 4.69) is 5.32 Å². The highest BCUT2D eigenvalue weighted by Gasteiger charge is 2.21. The van der Waals surface area contributed by atoms with E-state index in [4.69, 9.17) is 14.2 Å². The van der Waals surface area contributed by atoms with Gasteiger partial charge in [0.1, 0.15) is 0 Å². The zero-order valence-electron chi connectivity index (χ0n) is 14.8. The molecule has 0 saturated heterocycles. The molecular formula is C19H23NO5. The normalized spacial score (nSPS) is 12.8. The van der Waals surface area contributed by atoms with Crippen molar-refractivity contribution in [3.63, 3.8) is 0 Å². The fourth-order valence-electron chi connectivity index (χ4n) is 2.52. The molecule has 0 spiro atoms. The van der Waals surface area contributed by atoms with Gasteiger partial charge in [-0.3, -0.25) is 4.79 Å². The number of ether oxygens (including phenoxy) is 3. The zero-order valence-corrected chi connectivity index (χ0v) is 14.8. The van der Waals surface area contributed by atoms with Gasteiger partial charge < -0.3 is 24.6 Å². The number of methoxy groups -OCH3 is 3. The molecular weight excluding hydrogens is 322 g/mol. The number of aliphatic hydroxyl groups excluding tert-OH is 1. The molecule has 2 aromatic carbocycles. The fraction of sp³-hybridized carbons (Fsp3) is 0.316. The van der Waals surface area contributed by atoms with Gasteiger partial charge in [0.05, 0.1) is 33.5 Å². The van der Waals surface area contributed by atoms with Crippen molar-refractivity contribution in [1.29, 1.82) is 0 Å². The van der Waals surface area contributed by atoms with Gasteiger partial charge in [-0.25, -0.2) is 0 Å². The fourth-order valence-corrected chi connectivity index (χ4v) is 2.52. The smallest absolute Gasteiger partial charge is 0.251 e.